The molecule has 0 atom stereocenters. The van der Waals surface area contributed by atoms with Crippen LogP contribution in [-0.2, 0) is 6.54 Å². The van der Waals surface area contributed by atoms with Crippen molar-refractivity contribution in [1.82, 2.24) is 34.4 Å². The lowest BCUT2D eigenvalue weighted by molar-refractivity contribution is 0.244. The molecule has 1 aliphatic rings. The Morgan fingerprint density at radius 1 is 1.00 bits per heavy atom. The summed E-state index contributed by atoms with van der Waals surface area (Å²) in [6.07, 6.45) is 9.25. The highest BCUT2D eigenvalue weighted by Crippen LogP contribution is 2.15. The molecule has 0 saturated carbocycles. The zero-order chi connectivity index (χ0) is 17.1. The van der Waals surface area contributed by atoms with Gasteiger partial charge >= 0.3 is 0 Å². The highest BCUT2D eigenvalue weighted by molar-refractivity contribution is 5.43. The molecule has 0 unspecified atom stereocenters. The van der Waals surface area contributed by atoms with Crippen LogP contribution in [0.3, 0.4) is 0 Å². The summed E-state index contributed by atoms with van der Waals surface area (Å²) in [5, 5.41) is 8.58. The van der Waals surface area contributed by atoms with E-state index in [0.29, 0.717) is 0 Å². The van der Waals surface area contributed by atoms with Crippen molar-refractivity contribution in [3.8, 4) is 5.82 Å². The molecule has 1 saturated heterocycles. The molecule has 0 amide bonds. The van der Waals surface area contributed by atoms with Gasteiger partial charge in [-0.2, -0.15) is 10.2 Å². The predicted octanol–water partition coefficient (Wildman–Crippen LogP) is 0.989. The van der Waals surface area contributed by atoms with Gasteiger partial charge in [-0.1, -0.05) is 0 Å². The van der Waals surface area contributed by atoms with Crippen molar-refractivity contribution in [3.63, 3.8) is 0 Å². The van der Waals surface area contributed by atoms with Crippen LogP contribution in [0.15, 0.2) is 43.2 Å². The molecule has 0 aliphatic carbocycles. The van der Waals surface area contributed by atoms with Gasteiger partial charge in [0.2, 0.25) is 0 Å². The van der Waals surface area contributed by atoms with E-state index in [1.807, 2.05) is 29.2 Å². The minimum absolute atomic E-state index is 0.798. The first kappa shape index (κ1) is 15.8. The number of nitrogens with zero attached hydrogens (tertiary/aromatic N) is 8. The molecular formula is C17H22N8. The molecule has 4 rings (SSSR count). The van der Waals surface area contributed by atoms with E-state index in [2.05, 4.69) is 43.1 Å². The van der Waals surface area contributed by atoms with Gasteiger partial charge in [0.25, 0.3) is 0 Å². The lowest BCUT2D eigenvalue weighted by Crippen LogP contribution is -2.47. The molecule has 130 valence electrons. The van der Waals surface area contributed by atoms with E-state index in [1.54, 1.807) is 17.2 Å². The van der Waals surface area contributed by atoms with Gasteiger partial charge in [-0.05, 0) is 18.6 Å². The molecule has 1 fully saturated rings. The lowest BCUT2D eigenvalue weighted by atomic mass is 10.3. The Morgan fingerprint density at radius 2 is 1.84 bits per heavy atom. The lowest BCUT2D eigenvalue weighted by Gasteiger charge is -2.35. The zero-order valence-corrected chi connectivity index (χ0v) is 14.4. The normalized spacial score (nSPS) is 15.6. The van der Waals surface area contributed by atoms with E-state index in [4.69, 9.17) is 0 Å². The summed E-state index contributed by atoms with van der Waals surface area (Å²) in [6.45, 7) is 8.02. The van der Waals surface area contributed by atoms with Gasteiger partial charge in [0, 0.05) is 57.4 Å². The van der Waals surface area contributed by atoms with Gasteiger partial charge in [0.15, 0.2) is 5.82 Å². The van der Waals surface area contributed by atoms with E-state index in [1.165, 1.54) is 5.56 Å². The third-order valence-electron chi connectivity index (χ3n) is 4.48. The van der Waals surface area contributed by atoms with Gasteiger partial charge in [-0.15, -0.1) is 0 Å². The molecule has 0 aromatic carbocycles. The molecule has 0 bridgehead atoms. The Labute approximate surface area is 146 Å². The molecule has 0 radical (unpaired) electrons. The third-order valence-corrected chi connectivity index (χ3v) is 4.48. The van der Waals surface area contributed by atoms with Crippen LogP contribution >= 0.6 is 0 Å². The van der Waals surface area contributed by atoms with Gasteiger partial charge in [-0.3, -0.25) is 9.58 Å². The summed E-state index contributed by atoms with van der Waals surface area (Å²) in [6, 6.07) is 3.89. The standard InChI is InChI=1S/C17H22N8/c1-15-12-21-24(13-15)10-7-22-5-8-23(9-6-22)16-11-17(19-14-18-16)25-4-2-3-20-25/h2-4,11-14H,5-10H2,1H3. The second-order valence-corrected chi connectivity index (χ2v) is 6.29. The summed E-state index contributed by atoms with van der Waals surface area (Å²) in [4.78, 5) is 13.5. The molecule has 0 spiro atoms. The maximum Gasteiger partial charge on any atom is 0.158 e. The Hall–Kier alpha value is -2.74. The van der Waals surface area contributed by atoms with Crippen LogP contribution in [0.4, 0.5) is 5.82 Å². The van der Waals surface area contributed by atoms with Crippen molar-refractivity contribution in [2.24, 2.45) is 0 Å². The maximum atomic E-state index is 4.44. The predicted molar refractivity (Wildman–Crippen MR) is 94.8 cm³/mol. The first-order valence-corrected chi connectivity index (χ1v) is 8.56. The highest BCUT2D eigenvalue weighted by atomic mass is 15.3. The van der Waals surface area contributed by atoms with Crippen molar-refractivity contribution < 1.29 is 0 Å². The fourth-order valence-corrected chi connectivity index (χ4v) is 3.07. The summed E-state index contributed by atoms with van der Waals surface area (Å²) >= 11 is 0. The van der Waals surface area contributed by atoms with Gasteiger partial charge in [-0.25, -0.2) is 14.6 Å². The second-order valence-electron chi connectivity index (χ2n) is 6.29. The maximum absolute atomic E-state index is 4.44. The summed E-state index contributed by atoms with van der Waals surface area (Å²) in [7, 11) is 0. The number of rotatable bonds is 5. The molecule has 4 heterocycles. The fraction of sp³-hybridized carbons (Fsp3) is 0.412. The van der Waals surface area contributed by atoms with Crippen LogP contribution in [0.2, 0.25) is 0 Å². The second kappa shape index (κ2) is 7.02. The SMILES string of the molecule is Cc1cnn(CCN2CCN(c3cc(-n4cccn4)ncn3)CC2)c1. The van der Waals surface area contributed by atoms with Crippen LogP contribution in [0.25, 0.3) is 5.82 Å². The van der Waals surface area contributed by atoms with Crippen LogP contribution in [0, 0.1) is 6.92 Å². The van der Waals surface area contributed by atoms with Gasteiger partial charge < -0.3 is 4.90 Å². The number of piperazine rings is 1. The van der Waals surface area contributed by atoms with Crippen molar-refractivity contribution in [1.29, 1.82) is 0 Å². The van der Waals surface area contributed by atoms with Gasteiger partial charge in [0.1, 0.15) is 12.1 Å². The van der Waals surface area contributed by atoms with Crippen LogP contribution in [-0.4, -0.2) is 67.2 Å². The fourth-order valence-electron chi connectivity index (χ4n) is 3.07. The van der Waals surface area contributed by atoms with Crippen LogP contribution in [0.1, 0.15) is 5.56 Å². The van der Waals surface area contributed by atoms with E-state index >= 15 is 0 Å². The number of aromatic nitrogens is 6. The van der Waals surface area contributed by atoms with E-state index in [0.717, 1.165) is 50.9 Å². The quantitative estimate of drug-likeness (QED) is 0.691. The molecular weight excluding hydrogens is 316 g/mol. The third kappa shape index (κ3) is 3.69. The van der Waals surface area contributed by atoms with E-state index < -0.39 is 0 Å². The smallest absolute Gasteiger partial charge is 0.158 e. The van der Waals surface area contributed by atoms with Gasteiger partial charge in [0.05, 0.1) is 12.7 Å². The van der Waals surface area contributed by atoms with Crippen molar-refractivity contribution >= 4 is 5.82 Å². The molecule has 8 nitrogen and oxygen atoms in total. The molecule has 1 aliphatic heterocycles. The molecule has 8 heteroatoms. The number of hydrogen-bond donors (Lipinski definition) is 0. The summed E-state index contributed by atoms with van der Waals surface area (Å²) in [5.74, 6) is 1.76. The number of aryl methyl sites for hydroxylation is 1. The Bertz CT molecular complexity index is 802. The monoisotopic (exact) mass is 338 g/mol. The van der Waals surface area contributed by atoms with Crippen molar-refractivity contribution in [3.05, 3.63) is 48.8 Å². The molecule has 3 aromatic rings. The number of anilines is 1. The Morgan fingerprint density at radius 3 is 2.56 bits per heavy atom. The summed E-state index contributed by atoms with van der Waals surface area (Å²) < 4.78 is 3.77. The largest absolute Gasteiger partial charge is 0.354 e. The zero-order valence-electron chi connectivity index (χ0n) is 14.4. The topological polar surface area (TPSA) is 67.9 Å². The molecule has 25 heavy (non-hydrogen) atoms. The van der Waals surface area contributed by atoms with E-state index in [-0.39, 0.29) is 0 Å². The summed E-state index contributed by atoms with van der Waals surface area (Å²) in [5.41, 5.74) is 1.21. The first-order valence-electron chi connectivity index (χ1n) is 8.56. The van der Waals surface area contributed by atoms with Crippen LogP contribution in [0.5, 0.6) is 0 Å². The van der Waals surface area contributed by atoms with Crippen LogP contribution < -0.4 is 4.90 Å². The minimum Gasteiger partial charge on any atom is -0.354 e. The highest BCUT2D eigenvalue weighted by Gasteiger charge is 2.18. The Balaban J connectivity index is 1.33. The van der Waals surface area contributed by atoms with E-state index in [9.17, 15) is 0 Å². The van der Waals surface area contributed by atoms with Crippen molar-refractivity contribution in [2.45, 2.75) is 13.5 Å². The van der Waals surface area contributed by atoms with Crippen molar-refractivity contribution in [2.75, 3.05) is 37.6 Å². The molecule has 0 N–H and O–H groups in total. The first-order chi connectivity index (χ1) is 12.3. The average molecular weight is 338 g/mol. The average Bonchev–Trinajstić information content (AvgIpc) is 3.32. The Kier molecular flexibility index (Phi) is 4.43. The number of hydrogen-bond acceptors (Lipinski definition) is 6. The molecule has 3 aromatic heterocycles. The minimum atomic E-state index is 0.798.